The summed E-state index contributed by atoms with van der Waals surface area (Å²) in [7, 11) is 1.14. The van der Waals surface area contributed by atoms with Gasteiger partial charge in [0.1, 0.15) is 6.10 Å². The second-order valence-electron chi connectivity index (χ2n) is 9.77. The normalized spacial score (nSPS) is 27.6. The molecular weight excluding hydrogens is 512 g/mol. The molecule has 2 fully saturated rings. The van der Waals surface area contributed by atoms with Crippen molar-refractivity contribution >= 4 is 17.9 Å². The number of carbonyl (C=O) groups excluding carboxylic acids is 3. The lowest BCUT2D eigenvalue weighted by atomic mass is 9.56. The molecule has 39 heavy (non-hydrogen) atoms. The predicted molar refractivity (Wildman–Crippen MR) is 131 cm³/mol. The maximum atomic E-state index is 12.8. The first-order valence-electron chi connectivity index (χ1n) is 12.2. The summed E-state index contributed by atoms with van der Waals surface area (Å²) >= 11 is 0. The summed E-state index contributed by atoms with van der Waals surface area (Å²) in [4.78, 5) is 37.7. The number of rotatable bonds is 7. The van der Waals surface area contributed by atoms with Gasteiger partial charge in [0.15, 0.2) is 23.0 Å². The van der Waals surface area contributed by atoms with E-state index >= 15 is 0 Å². The van der Waals surface area contributed by atoms with Crippen molar-refractivity contribution in [3.05, 3.63) is 71.3 Å². The number of phenols is 4. The van der Waals surface area contributed by atoms with Crippen LogP contribution in [0.5, 0.6) is 23.0 Å². The molecule has 11 heteroatoms. The highest BCUT2D eigenvalue weighted by Crippen LogP contribution is 2.58. The maximum Gasteiger partial charge on any atom is 0.347 e. The van der Waals surface area contributed by atoms with Crippen molar-refractivity contribution in [3.63, 3.8) is 0 Å². The Kier molecular flexibility index (Phi) is 6.69. The molecule has 3 aliphatic carbocycles. The number of hydrogen-bond acceptors (Lipinski definition) is 11. The number of ether oxygens (including phenoxy) is 3. The van der Waals surface area contributed by atoms with Gasteiger partial charge in [0.25, 0.3) is 0 Å². The van der Waals surface area contributed by atoms with Crippen molar-refractivity contribution in [2.24, 2.45) is 17.8 Å². The number of allylic oxidation sites excluding steroid dienone is 1. The molecule has 2 aromatic carbocycles. The van der Waals surface area contributed by atoms with Gasteiger partial charge in [0.05, 0.1) is 19.1 Å². The quantitative estimate of drug-likeness (QED) is 0.149. The molecule has 0 amide bonds. The molecule has 5 N–H and O–H groups in total. The molecule has 11 nitrogen and oxygen atoms in total. The molecule has 4 aliphatic rings. The highest BCUT2D eigenvalue weighted by atomic mass is 16.6. The third kappa shape index (κ3) is 4.65. The molecule has 2 aromatic rings. The summed E-state index contributed by atoms with van der Waals surface area (Å²) in [6.45, 7) is 0. The second-order valence-corrected chi connectivity index (χ2v) is 9.77. The molecule has 1 aliphatic heterocycles. The lowest BCUT2D eigenvalue weighted by Gasteiger charge is -2.46. The van der Waals surface area contributed by atoms with E-state index in [0.29, 0.717) is 16.7 Å². The van der Waals surface area contributed by atoms with Crippen molar-refractivity contribution in [2.45, 2.75) is 30.7 Å². The minimum Gasteiger partial charge on any atom is -0.504 e. The minimum absolute atomic E-state index is 0.118. The molecule has 0 radical (unpaired) electrons. The van der Waals surface area contributed by atoms with Crippen molar-refractivity contribution in [3.8, 4) is 23.0 Å². The van der Waals surface area contributed by atoms with E-state index in [4.69, 9.17) is 14.2 Å². The van der Waals surface area contributed by atoms with Crippen LogP contribution in [-0.4, -0.2) is 68.9 Å². The largest absolute Gasteiger partial charge is 0.504 e. The number of aromatic hydroxyl groups is 4. The van der Waals surface area contributed by atoms with Crippen molar-refractivity contribution in [1.82, 2.24) is 0 Å². The highest BCUT2D eigenvalue weighted by Gasteiger charge is 2.63. The van der Waals surface area contributed by atoms with Crippen LogP contribution >= 0.6 is 0 Å². The van der Waals surface area contributed by atoms with Gasteiger partial charge in [-0.2, -0.15) is 0 Å². The van der Waals surface area contributed by atoms with E-state index in [-0.39, 0.29) is 23.7 Å². The van der Waals surface area contributed by atoms with Gasteiger partial charge in [-0.05, 0) is 41.0 Å². The van der Waals surface area contributed by atoms with E-state index in [1.807, 2.05) is 0 Å². The Morgan fingerprint density at radius 1 is 0.974 bits per heavy atom. The molecule has 1 heterocycles. The second kappa shape index (κ2) is 9.99. The summed E-state index contributed by atoms with van der Waals surface area (Å²) in [6.07, 6.45) is 1.05. The smallest absolute Gasteiger partial charge is 0.347 e. The number of benzene rings is 2. The molecule has 0 spiro atoms. The van der Waals surface area contributed by atoms with Crippen molar-refractivity contribution in [1.29, 1.82) is 0 Å². The zero-order valence-corrected chi connectivity index (χ0v) is 20.6. The van der Waals surface area contributed by atoms with E-state index < -0.39 is 65.6 Å². The fraction of sp³-hybridized carbons (Fsp3) is 0.321. The number of esters is 3. The first kappa shape index (κ1) is 26.1. The molecule has 1 saturated heterocycles. The Bertz CT molecular complexity index is 1390. The average molecular weight is 539 g/mol. The molecule has 4 bridgehead atoms. The lowest BCUT2D eigenvalue weighted by Crippen LogP contribution is -2.51. The Labute approximate surface area is 222 Å². The van der Waals surface area contributed by atoms with Gasteiger partial charge in [0, 0.05) is 30.3 Å². The number of hydrogen-bond donors (Lipinski definition) is 5. The highest BCUT2D eigenvalue weighted by molar-refractivity contribution is 5.86. The average Bonchev–Trinajstić information content (AvgIpc) is 3.22. The van der Waals surface area contributed by atoms with Crippen LogP contribution in [0.15, 0.2) is 60.2 Å². The predicted octanol–water partition coefficient (Wildman–Crippen LogP) is 1.56. The minimum atomic E-state index is -1.33. The summed E-state index contributed by atoms with van der Waals surface area (Å²) in [6, 6.07) is 8.19. The van der Waals surface area contributed by atoms with E-state index in [1.54, 1.807) is 12.1 Å². The van der Waals surface area contributed by atoms with E-state index in [9.17, 15) is 39.9 Å². The van der Waals surface area contributed by atoms with Crippen LogP contribution in [0, 0.1) is 17.8 Å². The van der Waals surface area contributed by atoms with Gasteiger partial charge in [-0.15, -0.1) is 0 Å². The fourth-order valence-corrected chi connectivity index (χ4v) is 5.79. The third-order valence-electron chi connectivity index (χ3n) is 7.55. The third-order valence-corrected chi connectivity index (χ3v) is 7.55. The van der Waals surface area contributed by atoms with Crippen LogP contribution in [-0.2, 0) is 35.0 Å². The number of methoxy groups -OCH3 is 1. The van der Waals surface area contributed by atoms with Crippen LogP contribution in [0.1, 0.15) is 17.0 Å². The zero-order chi connectivity index (χ0) is 28.0. The number of phenolic OH excluding ortho intramolecular Hbond substituents is 4. The molecule has 1 saturated carbocycles. The molecule has 7 atom stereocenters. The van der Waals surface area contributed by atoms with Gasteiger partial charge in [0.2, 0.25) is 6.10 Å². The summed E-state index contributed by atoms with van der Waals surface area (Å²) in [5.41, 5.74) is 1.55. The topological polar surface area (TPSA) is 180 Å². The summed E-state index contributed by atoms with van der Waals surface area (Å²) < 4.78 is 15.5. The van der Waals surface area contributed by atoms with Gasteiger partial charge >= 0.3 is 17.9 Å². The van der Waals surface area contributed by atoms with Gasteiger partial charge in [-0.1, -0.05) is 24.3 Å². The fourth-order valence-electron chi connectivity index (χ4n) is 5.79. The first-order valence-corrected chi connectivity index (χ1v) is 12.2. The molecule has 204 valence electrons. The monoisotopic (exact) mass is 538 g/mol. The van der Waals surface area contributed by atoms with Crippen LogP contribution in [0.3, 0.4) is 0 Å². The standard InChI is InChI=1S/C28H26O11/c1-37-27(35)20(9-12-2-5-16(29)18(31)8-12)38-21(33)7-4-13-10-15-22(14-3-6-17(30)19(32)11-14)24-23(13)26(25(15)34)39-28(24)36/h2-8,10-11,15,20,22-26,29-32,34H,9H2,1H3/t15-,20+,22+,23+,24-,25-,26-/m1/s1. The Morgan fingerprint density at radius 2 is 1.67 bits per heavy atom. The zero-order valence-electron chi connectivity index (χ0n) is 20.6. The van der Waals surface area contributed by atoms with Gasteiger partial charge < -0.3 is 39.7 Å². The Balaban J connectivity index is 1.36. The first-order chi connectivity index (χ1) is 18.6. The maximum absolute atomic E-state index is 12.8. The van der Waals surface area contributed by atoms with E-state index in [2.05, 4.69) is 0 Å². The molecular formula is C28H26O11. The van der Waals surface area contributed by atoms with Crippen molar-refractivity contribution < 1.29 is 54.1 Å². The SMILES string of the molecule is COC(=O)[C@H](Cc1ccc(O)c(O)c1)OC(=O)C=CC1=C[C@H]2[C@@H](O)[C@@H]3OC(=O)[C@@H]([C@H]13)[C@H]2c1ccc(O)c(O)c1. The number of carbonyl (C=O) groups is 3. The van der Waals surface area contributed by atoms with Gasteiger partial charge in [-0.25, -0.2) is 9.59 Å². The van der Waals surface area contributed by atoms with Crippen LogP contribution in [0.2, 0.25) is 0 Å². The number of aliphatic hydroxyl groups excluding tert-OH is 1. The van der Waals surface area contributed by atoms with E-state index in [1.165, 1.54) is 36.4 Å². The molecule has 6 rings (SSSR count). The van der Waals surface area contributed by atoms with Gasteiger partial charge in [-0.3, -0.25) is 4.79 Å². The van der Waals surface area contributed by atoms with Crippen molar-refractivity contribution in [2.75, 3.05) is 7.11 Å². The van der Waals surface area contributed by atoms with Crippen LogP contribution in [0.4, 0.5) is 0 Å². The Morgan fingerprint density at radius 3 is 2.33 bits per heavy atom. The molecule has 0 aromatic heterocycles. The Hall–Kier alpha value is -4.51. The summed E-state index contributed by atoms with van der Waals surface area (Å²) in [5, 5.41) is 49.8. The lowest BCUT2D eigenvalue weighted by molar-refractivity contribution is -0.162. The van der Waals surface area contributed by atoms with Crippen LogP contribution in [0.25, 0.3) is 0 Å². The van der Waals surface area contributed by atoms with Crippen LogP contribution < -0.4 is 0 Å². The number of aliphatic hydroxyl groups is 1. The summed E-state index contributed by atoms with van der Waals surface area (Å²) in [5.74, 6) is -5.91. The molecule has 0 unspecified atom stereocenters. The van der Waals surface area contributed by atoms with E-state index in [0.717, 1.165) is 13.2 Å².